The van der Waals surface area contributed by atoms with Gasteiger partial charge >= 0.3 is 0 Å². The summed E-state index contributed by atoms with van der Waals surface area (Å²) >= 11 is 18.1. The molecule has 4 aliphatic carbocycles. The maximum atomic E-state index is 12.5. The number of hydrogen-bond donors (Lipinski definition) is 0. The molecule has 0 radical (unpaired) electrons. The Morgan fingerprint density at radius 2 is 1.94 bits per heavy atom. The van der Waals surface area contributed by atoms with Crippen LogP contribution in [0.5, 0.6) is 0 Å². The van der Waals surface area contributed by atoms with E-state index in [4.69, 9.17) is 44.3 Å². The number of ketones is 2. The molecule has 0 amide bonds. The quantitative estimate of drug-likeness (QED) is 0.367. The van der Waals surface area contributed by atoms with Gasteiger partial charge in [-0.05, 0) is 62.2 Å². The van der Waals surface area contributed by atoms with Gasteiger partial charge in [-0.25, -0.2) is 0 Å². The van der Waals surface area contributed by atoms with E-state index < -0.39 is 9.21 Å². The summed E-state index contributed by atoms with van der Waals surface area (Å²) in [7, 11) is 0. The highest BCUT2D eigenvalue weighted by Crippen LogP contribution is 2.68. The summed E-state index contributed by atoms with van der Waals surface area (Å²) in [6, 6.07) is 0. The Morgan fingerprint density at radius 1 is 1.22 bits per heavy atom. The fraction of sp³-hybridized carbons (Fsp3) is 0.792. The van der Waals surface area contributed by atoms with Crippen LogP contribution in [0.1, 0.15) is 59.3 Å². The van der Waals surface area contributed by atoms with Crippen LogP contribution in [0.25, 0.3) is 0 Å². The molecule has 178 valence electrons. The molecule has 3 saturated carbocycles. The zero-order valence-electron chi connectivity index (χ0n) is 18.7. The highest BCUT2D eigenvalue weighted by Gasteiger charge is 2.65. The van der Waals surface area contributed by atoms with Crippen molar-refractivity contribution in [3.63, 3.8) is 0 Å². The van der Waals surface area contributed by atoms with Gasteiger partial charge in [0.05, 0.1) is 12.7 Å². The van der Waals surface area contributed by atoms with E-state index in [1.54, 1.807) is 6.92 Å². The van der Waals surface area contributed by atoms with Gasteiger partial charge in [-0.15, -0.1) is 0 Å². The predicted molar refractivity (Wildman–Crippen MR) is 122 cm³/mol. The molecule has 0 N–H and O–H groups in total. The first-order valence-corrected chi connectivity index (χ1v) is 12.6. The van der Waals surface area contributed by atoms with Gasteiger partial charge in [-0.3, -0.25) is 14.4 Å². The maximum absolute atomic E-state index is 12.5. The third-order valence-electron chi connectivity index (χ3n) is 9.22. The minimum absolute atomic E-state index is 0.00307. The lowest BCUT2D eigenvalue weighted by molar-refractivity contribution is -0.182. The van der Waals surface area contributed by atoms with Crippen LogP contribution in [0.4, 0.5) is 0 Å². The summed E-state index contributed by atoms with van der Waals surface area (Å²) in [6.07, 6.45) is 6.00. The molecule has 3 fully saturated rings. The third-order valence-corrected chi connectivity index (χ3v) is 9.54. The molecular weight excluding hydrogens is 475 g/mol. The van der Waals surface area contributed by atoms with Gasteiger partial charge in [0, 0.05) is 29.7 Å². The van der Waals surface area contributed by atoms with Gasteiger partial charge in [0.1, 0.15) is 11.5 Å². The van der Waals surface area contributed by atoms with Gasteiger partial charge < -0.3 is 9.47 Å². The molecule has 0 aliphatic heterocycles. The standard InChI is InChI=1S/C24H31Cl3O5/c1-13(29)17-6-7-18-16-5-4-14-8-15(30)9-20(32-12-28)23(14,3)21(16)19(10-22(17,18)2)31-11-24(25,26)27/h9,12,14,16-19,21H,4-8,10-11H2,1-3H3/t14?,16-,17+,18-,19?,21+,22+,23+/m0/s1. The van der Waals surface area contributed by atoms with Crippen molar-refractivity contribution in [3.05, 3.63) is 11.8 Å². The number of hydrogen-bond acceptors (Lipinski definition) is 5. The van der Waals surface area contributed by atoms with Crippen molar-refractivity contribution in [1.82, 2.24) is 0 Å². The summed E-state index contributed by atoms with van der Waals surface area (Å²) in [5.41, 5.74) is -0.722. The first-order valence-electron chi connectivity index (χ1n) is 11.5. The van der Waals surface area contributed by atoms with E-state index in [9.17, 15) is 14.4 Å². The average molecular weight is 506 g/mol. The zero-order chi connectivity index (χ0) is 23.5. The van der Waals surface area contributed by atoms with Crippen molar-refractivity contribution in [1.29, 1.82) is 0 Å². The highest BCUT2D eigenvalue weighted by atomic mass is 35.6. The van der Waals surface area contributed by atoms with Crippen molar-refractivity contribution < 1.29 is 23.9 Å². The Hall–Kier alpha value is -0.620. The van der Waals surface area contributed by atoms with Crippen molar-refractivity contribution in [2.75, 3.05) is 6.61 Å². The molecule has 4 aliphatic rings. The highest BCUT2D eigenvalue weighted by molar-refractivity contribution is 6.67. The third kappa shape index (κ3) is 3.95. The van der Waals surface area contributed by atoms with Crippen LogP contribution in [0.15, 0.2) is 11.8 Å². The van der Waals surface area contributed by atoms with Gasteiger partial charge in [0.2, 0.25) is 3.79 Å². The Morgan fingerprint density at radius 3 is 2.56 bits per heavy atom. The Bertz CT molecular complexity index is 836. The monoisotopic (exact) mass is 504 g/mol. The molecule has 32 heavy (non-hydrogen) atoms. The number of carbonyl (C=O) groups is 3. The molecule has 5 nitrogen and oxygen atoms in total. The van der Waals surface area contributed by atoms with Crippen LogP contribution in [0.2, 0.25) is 0 Å². The summed E-state index contributed by atoms with van der Waals surface area (Å²) in [5, 5.41) is 0. The fourth-order valence-corrected chi connectivity index (χ4v) is 8.24. The summed E-state index contributed by atoms with van der Waals surface area (Å²) in [5.74, 6) is 1.32. The van der Waals surface area contributed by atoms with Crippen LogP contribution in [0, 0.1) is 40.4 Å². The van der Waals surface area contributed by atoms with Gasteiger partial charge in [0.25, 0.3) is 6.47 Å². The van der Waals surface area contributed by atoms with Crippen molar-refractivity contribution >= 4 is 52.8 Å². The molecular formula is C24H31Cl3O5. The number of fused-ring (bicyclic) bond motifs is 5. The molecule has 2 unspecified atom stereocenters. The number of rotatable bonds is 5. The summed E-state index contributed by atoms with van der Waals surface area (Å²) in [4.78, 5) is 36.3. The van der Waals surface area contributed by atoms with Crippen LogP contribution in [0.3, 0.4) is 0 Å². The predicted octanol–water partition coefficient (Wildman–Crippen LogP) is 5.45. The average Bonchev–Trinajstić information content (AvgIpc) is 3.03. The number of Topliss-reactive ketones (excluding diaryl/α,β-unsaturated/α-hetero) is 1. The van der Waals surface area contributed by atoms with Crippen molar-refractivity contribution in [3.8, 4) is 0 Å². The van der Waals surface area contributed by atoms with E-state index in [0.29, 0.717) is 31.0 Å². The lowest BCUT2D eigenvalue weighted by Gasteiger charge is -2.61. The van der Waals surface area contributed by atoms with E-state index in [0.717, 1.165) is 25.7 Å². The molecule has 8 atom stereocenters. The second-order valence-corrected chi connectivity index (χ2v) is 13.2. The normalized spacial score (nSPS) is 43.6. The molecule has 0 spiro atoms. The first-order chi connectivity index (χ1) is 14.9. The maximum Gasteiger partial charge on any atom is 0.298 e. The van der Waals surface area contributed by atoms with Gasteiger partial charge in [0.15, 0.2) is 5.78 Å². The molecule has 0 aromatic carbocycles. The van der Waals surface area contributed by atoms with Crippen molar-refractivity contribution in [2.45, 2.75) is 69.2 Å². The molecule has 4 rings (SSSR count). The first kappa shape index (κ1) is 24.5. The summed E-state index contributed by atoms with van der Waals surface area (Å²) in [6.45, 7) is 6.34. The smallest absolute Gasteiger partial charge is 0.298 e. The molecule has 0 bridgehead atoms. The van der Waals surface area contributed by atoms with E-state index >= 15 is 0 Å². The number of carbonyl (C=O) groups excluding carboxylic acids is 3. The minimum Gasteiger partial charge on any atom is -0.433 e. The van der Waals surface area contributed by atoms with E-state index in [2.05, 4.69) is 13.8 Å². The van der Waals surface area contributed by atoms with E-state index in [-0.39, 0.29) is 53.4 Å². The SMILES string of the molecule is CC(=O)[C@H]1CC[C@H]2[C@@H]3CCC4CC(=O)C=C(OC=O)[C@]4(C)[C@H]3C(OCC(Cl)(Cl)Cl)C[C@]12C. The van der Waals surface area contributed by atoms with Crippen LogP contribution >= 0.6 is 34.8 Å². The minimum atomic E-state index is -1.56. The summed E-state index contributed by atoms with van der Waals surface area (Å²) < 4.78 is 10.2. The molecule has 0 aromatic heterocycles. The fourth-order valence-electron chi connectivity index (χ4n) is 8.05. The van der Waals surface area contributed by atoms with E-state index in [1.807, 2.05) is 0 Å². The topological polar surface area (TPSA) is 69.7 Å². The van der Waals surface area contributed by atoms with Crippen LogP contribution in [-0.2, 0) is 23.9 Å². The van der Waals surface area contributed by atoms with Gasteiger partial charge in [-0.1, -0.05) is 48.7 Å². The molecule has 8 heteroatoms. The number of halogens is 3. The molecule has 0 saturated heterocycles. The van der Waals surface area contributed by atoms with Gasteiger partial charge in [-0.2, -0.15) is 0 Å². The Kier molecular flexibility index (Phi) is 6.55. The molecule has 0 heterocycles. The lowest BCUT2D eigenvalue weighted by atomic mass is 9.44. The Labute approximate surface area is 204 Å². The Balaban J connectivity index is 1.79. The van der Waals surface area contributed by atoms with Crippen LogP contribution < -0.4 is 0 Å². The van der Waals surface area contributed by atoms with E-state index in [1.165, 1.54) is 6.08 Å². The largest absolute Gasteiger partial charge is 0.433 e. The zero-order valence-corrected chi connectivity index (χ0v) is 21.0. The van der Waals surface area contributed by atoms with Crippen LogP contribution in [-0.4, -0.2) is 34.5 Å². The number of ether oxygens (including phenoxy) is 2. The molecule has 0 aromatic rings. The second-order valence-electron chi connectivity index (χ2n) is 10.7. The number of allylic oxidation sites excluding steroid dienone is 2. The lowest BCUT2D eigenvalue weighted by Crippen LogP contribution is -2.60. The van der Waals surface area contributed by atoms with Crippen molar-refractivity contribution in [2.24, 2.45) is 40.4 Å². The second kappa shape index (κ2) is 8.55. The number of alkyl halides is 3.